The highest BCUT2D eigenvalue weighted by Crippen LogP contribution is 2.42. The molecule has 0 saturated carbocycles. The molecule has 2 heterocycles. The minimum atomic E-state index is -3.70. The van der Waals surface area contributed by atoms with Gasteiger partial charge in [-0.2, -0.15) is 5.10 Å². The molecule has 0 radical (unpaired) electrons. The number of nitrogens with zero attached hydrogens (tertiary/aromatic N) is 2. The number of nitrogens with two attached hydrogens (primary N) is 1. The summed E-state index contributed by atoms with van der Waals surface area (Å²) < 4.78 is 35.7. The van der Waals surface area contributed by atoms with Gasteiger partial charge in [0, 0.05) is 25.0 Å². The number of hydrogen-bond donors (Lipinski definition) is 2. The molecule has 0 atom stereocenters. The largest absolute Gasteiger partial charge is 0.586 e. The van der Waals surface area contributed by atoms with E-state index < -0.39 is 12.2 Å². The zero-order valence-corrected chi connectivity index (χ0v) is 10.8. The summed E-state index contributed by atoms with van der Waals surface area (Å²) in [6.07, 6.45) is -2.22. The molecule has 1 aliphatic rings. The maximum absolute atomic E-state index is 12.9. The van der Waals surface area contributed by atoms with Crippen molar-refractivity contribution < 1.29 is 23.0 Å². The van der Waals surface area contributed by atoms with Gasteiger partial charge in [-0.15, -0.1) is 8.78 Å². The van der Waals surface area contributed by atoms with E-state index in [1.807, 2.05) is 0 Å². The number of hydrogen-bond acceptors (Lipinski definition) is 5. The van der Waals surface area contributed by atoms with E-state index in [0.717, 1.165) is 0 Å². The Kier molecular flexibility index (Phi) is 2.71. The van der Waals surface area contributed by atoms with Crippen LogP contribution in [0, 0.1) is 0 Å². The summed E-state index contributed by atoms with van der Waals surface area (Å²) in [4.78, 5) is 12.0. The first-order valence-electron chi connectivity index (χ1n) is 5.84. The number of carbonyl (C=O) groups is 1. The lowest BCUT2D eigenvalue weighted by molar-refractivity contribution is -0.286. The number of alkyl halides is 2. The number of nitrogen functional groups attached to an aromatic ring is 1. The van der Waals surface area contributed by atoms with Gasteiger partial charge in [-0.3, -0.25) is 9.48 Å². The summed E-state index contributed by atoms with van der Waals surface area (Å²) >= 11 is 0. The van der Waals surface area contributed by atoms with Crippen LogP contribution in [0.25, 0.3) is 0 Å². The first kappa shape index (κ1) is 13.2. The monoisotopic (exact) mass is 296 g/mol. The number of carbonyl (C=O) groups excluding carboxylic acids is 1. The molecule has 0 aliphatic carbocycles. The first-order valence-corrected chi connectivity index (χ1v) is 5.84. The molecule has 1 amide bonds. The fraction of sp³-hybridized carbons (Fsp3) is 0.167. The maximum atomic E-state index is 12.9. The quantitative estimate of drug-likeness (QED) is 0.878. The number of amides is 1. The highest BCUT2D eigenvalue weighted by atomic mass is 19.3. The maximum Gasteiger partial charge on any atom is 0.586 e. The third-order valence-electron chi connectivity index (χ3n) is 2.73. The lowest BCUT2D eigenvalue weighted by Crippen LogP contribution is -2.25. The predicted octanol–water partition coefficient (Wildman–Crippen LogP) is 1.58. The summed E-state index contributed by atoms with van der Waals surface area (Å²) in [6.45, 7) is 0. The van der Waals surface area contributed by atoms with E-state index in [1.165, 1.54) is 29.1 Å². The summed E-state index contributed by atoms with van der Waals surface area (Å²) in [5, 5.41) is 6.40. The number of rotatable bonds is 2. The molecule has 1 aliphatic heterocycles. The van der Waals surface area contributed by atoms with Crippen LogP contribution in [0.2, 0.25) is 0 Å². The van der Waals surface area contributed by atoms with E-state index in [1.54, 1.807) is 7.05 Å². The molecule has 3 rings (SSSR count). The molecular formula is C12H10F2N4O3. The Bertz CT molecular complexity index is 729. The number of aryl methyl sites for hydroxylation is 1. The minimum Gasteiger partial charge on any atom is -0.396 e. The second kappa shape index (κ2) is 4.33. The predicted molar refractivity (Wildman–Crippen MR) is 68.2 cm³/mol. The van der Waals surface area contributed by atoms with Gasteiger partial charge in [0.2, 0.25) is 0 Å². The van der Waals surface area contributed by atoms with Crippen LogP contribution in [0.15, 0.2) is 24.4 Å². The second-order valence-corrected chi connectivity index (χ2v) is 4.39. The lowest BCUT2D eigenvalue weighted by Gasteiger charge is -2.05. The second-order valence-electron chi connectivity index (χ2n) is 4.39. The average Bonchev–Trinajstić information content (AvgIpc) is 2.86. The van der Waals surface area contributed by atoms with E-state index in [4.69, 9.17) is 5.73 Å². The van der Waals surface area contributed by atoms with Crippen LogP contribution in [0.3, 0.4) is 0 Å². The molecule has 0 bridgehead atoms. The van der Waals surface area contributed by atoms with E-state index in [9.17, 15) is 13.6 Å². The summed E-state index contributed by atoms with van der Waals surface area (Å²) in [6, 6.07) is 3.90. The van der Waals surface area contributed by atoms with E-state index in [-0.39, 0.29) is 28.6 Å². The van der Waals surface area contributed by atoms with Gasteiger partial charge in [-0.1, -0.05) is 0 Å². The molecule has 0 fully saturated rings. The highest BCUT2D eigenvalue weighted by molar-refractivity contribution is 6.06. The molecule has 9 heteroatoms. The topological polar surface area (TPSA) is 91.4 Å². The molecule has 0 spiro atoms. The molecule has 21 heavy (non-hydrogen) atoms. The zero-order valence-electron chi connectivity index (χ0n) is 10.8. The van der Waals surface area contributed by atoms with Gasteiger partial charge in [0.15, 0.2) is 17.2 Å². The summed E-state index contributed by atoms with van der Waals surface area (Å²) in [5.41, 5.74) is 6.14. The number of halogens is 2. The van der Waals surface area contributed by atoms with Gasteiger partial charge < -0.3 is 20.5 Å². The SMILES string of the molecule is Cn1cc(N)c(C(=O)Nc2ccc3c(c2)OC(F)(F)O3)n1. The Morgan fingerprint density at radius 3 is 2.76 bits per heavy atom. The van der Waals surface area contributed by atoms with E-state index in [0.29, 0.717) is 0 Å². The Hall–Kier alpha value is -2.84. The summed E-state index contributed by atoms with van der Waals surface area (Å²) in [5.74, 6) is -0.819. The summed E-state index contributed by atoms with van der Waals surface area (Å²) in [7, 11) is 1.62. The van der Waals surface area contributed by atoms with Crippen molar-refractivity contribution in [2.45, 2.75) is 6.29 Å². The van der Waals surface area contributed by atoms with Crippen LogP contribution < -0.4 is 20.5 Å². The highest BCUT2D eigenvalue weighted by Gasteiger charge is 2.43. The van der Waals surface area contributed by atoms with Gasteiger partial charge in [0.1, 0.15) is 0 Å². The van der Waals surface area contributed by atoms with Crippen molar-refractivity contribution in [3.63, 3.8) is 0 Å². The third kappa shape index (κ3) is 2.45. The Morgan fingerprint density at radius 1 is 1.38 bits per heavy atom. The van der Waals surface area contributed by atoms with Crippen LogP contribution in [0.1, 0.15) is 10.5 Å². The van der Waals surface area contributed by atoms with Gasteiger partial charge >= 0.3 is 6.29 Å². The molecule has 1 aromatic carbocycles. The van der Waals surface area contributed by atoms with Crippen molar-refractivity contribution >= 4 is 17.3 Å². The van der Waals surface area contributed by atoms with Crippen molar-refractivity contribution in [1.29, 1.82) is 0 Å². The first-order chi connectivity index (χ1) is 9.84. The molecule has 7 nitrogen and oxygen atoms in total. The van der Waals surface area contributed by atoms with Crippen molar-refractivity contribution in [2.75, 3.05) is 11.1 Å². The average molecular weight is 296 g/mol. The van der Waals surface area contributed by atoms with Gasteiger partial charge in [0.25, 0.3) is 5.91 Å². The van der Waals surface area contributed by atoms with Crippen LogP contribution in [0.4, 0.5) is 20.2 Å². The van der Waals surface area contributed by atoms with Crippen molar-refractivity contribution in [3.8, 4) is 11.5 Å². The fourth-order valence-corrected chi connectivity index (χ4v) is 1.90. The van der Waals surface area contributed by atoms with E-state index in [2.05, 4.69) is 19.9 Å². The molecule has 3 N–H and O–H groups in total. The van der Waals surface area contributed by atoms with E-state index >= 15 is 0 Å². The molecular weight excluding hydrogens is 286 g/mol. The van der Waals surface area contributed by atoms with Crippen molar-refractivity contribution in [3.05, 3.63) is 30.1 Å². The van der Waals surface area contributed by atoms with Crippen LogP contribution >= 0.6 is 0 Å². The van der Waals surface area contributed by atoms with Crippen molar-refractivity contribution in [2.24, 2.45) is 7.05 Å². The molecule has 110 valence electrons. The third-order valence-corrected chi connectivity index (χ3v) is 2.73. The number of nitrogens with one attached hydrogen (secondary N) is 1. The van der Waals surface area contributed by atoms with Gasteiger partial charge in [-0.25, -0.2) is 0 Å². The van der Waals surface area contributed by atoms with Gasteiger partial charge in [0.05, 0.1) is 5.69 Å². The van der Waals surface area contributed by atoms with Crippen molar-refractivity contribution in [1.82, 2.24) is 9.78 Å². The molecule has 1 aromatic heterocycles. The zero-order chi connectivity index (χ0) is 15.2. The molecule has 0 saturated heterocycles. The Morgan fingerprint density at radius 2 is 2.10 bits per heavy atom. The normalized spacial score (nSPS) is 15.0. The Labute approximate surface area is 117 Å². The number of benzene rings is 1. The van der Waals surface area contributed by atoms with Crippen LogP contribution in [-0.2, 0) is 7.05 Å². The Balaban J connectivity index is 1.81. The standard InChI is InChI=1S/C12H10F2N4O3/c1-18-5-7(15)10(17-18)11(19)16-6-2-3-8-9(4-6)21-12(13,14)20-8/h2-5H,15H2,1H3,(H,16,19). The lowest BCUT2D eigenvalue weighted by atomic mass is 10.2. The van der Waals surface area contributed by atoms with Crippen LogP contribution in [-0.4, -0.2) is 22.0 Å². The molecule has 2 aromatic rings. The fourth-order valence-electron chi connectivity index (χ4n) is 1.90. The number of ether oxygens (including phenoxy) is 2. The van der Waals surface area contributed by atoms with Gasteiger partial charge in [-0.05, 0) is 12.1 Å². The molecule has 0 unspecified atom stereocenters. The minimum absolute atomic E-state index is 0.0421. The number of fused-ring (bicyclic) bond motifs is 1. The van der Waals surface area contributed by atoms with Crippen LogP contribution in [0.5, 0.6) is 11.5 Å². The number of anilines is 2. The number of aromatic nitrogens is 2. The smallest absolute Gasteiger partial charge is 0.396 e.